The predicted molar refractivity (Wildman–Crippen MR) is 72.1 cm³/mol. The highest BCUT2D eigenvalue weighted by Gasteiger charge is 2.33. The Bertz CT molecular complexity index is 770. The van der Waals surface area contributed by atoms with Crippen LogP contribution in [-0.2, 0) is 0 Å². The summed E-state index contributed by atoms with van der Waals surface area (Å²) in [7, 11) is 0. The molecule has 90 valence electrons. The van der Waals surface area contributed by atoms with E-state index in [9.17, 15) is 9.59 Å². The number of rotatable bonds is 0. The maximum atomic E-state index is 12.5. The molecule has 0 amide bonds. The van der Waals surface area contributed by atoms with E-state index >= 15 is 0 Å². The third-order valence-corrected chi connectivity index (χ3v) is 3.87. The van der Waals surface area contributed by atoms with E-state index in [-0.39, 0.29) is 11.6 Å². The third-order valence-electron chi connectivity index (χ3n) is 3.87. The molecule has 1 aromatic rings. The van der Waals surface area contributed by atoms with Crippen LogP contribution in [0.4, 0.5) is 0 Å². The zero-order valence-electron chi connectivity index (χ0n) is 10.1. The van der Waals surface area contributed by atoms with Crippen LogP contribution in [0.15, 0.2) is 70.9 Å². The molecule has 1 aromatic carbocycles. The Morgan fingerprint density at radius 2 is 1.68 bits per heavy atom. The molecule has 0 heterocycles. The van der Waals surface area contributed by atoms with Crippen LogP contribution in [0.1, 0.15) is 27.1 Å². The van der Waals surface area contributed by atoms with Crippen LogP contribution in [-0.4, -0.2) is 11.6 Å². The third kappa shape index (κ3) is 1.31. The van der Waals surface area contributed by atoms with Gasteiger partial charge in [0.05, 0.1) is 0 Å². The zero-order chi connectivity index (χ0) is 13.0. The molecule has 0 saturated carbocycles. The lowest BCUT2D eigenvalue weighted by Crippen LogP contribution is -2.23. The molecular formula is C17H10O2. The number of allylic oxidation sites excluding steroid dienone is 8. The Balaban J connectivity index is 1.96. The van der Waals surface area contributed by atoms with Gasteiger partial charge in [-0.3, -0.25) is 9.59 Å². The lowest BCUT2D eigenvalue weighted by Gasteiger charge is -2.23. The molecule has 0 spiro atoms. The predicted octanol–water partition coefficient (Wildman–Crippen LogP) is 3.19. The molecule has 19 heavy (non-hydrogen) atoms. The van der Waals surface area contributed by atoms with E-state index < -0.39 is 0 Å². The largest absolute Gasteiger partial charge is 0.289 e. The first-order valence-corrected chi connectivity index (χ1v) is 6.26. The first-order valence-electron chi connectivity index (χ1n) is 6.26. The Morgan fingerprint density at radius 3 is 2.47 bits per heavy atom. The summed E-state index contributed by atoms with van der Waals surface area (Å²) in [6.07, 6.45) is 8.37. The van der Waals surface area contributed by atoms with Crippen molar-refractivity contribution in [3.63, 3.8) is 0 Å². The number of carbonyl (C=O) groups is 2. The van der Waals surface area contributed by atoms with Crippen molar-refractivity contribution in [1.29, 1.82) is 0 Å². The van der Waals surface area contributed by atoms with Crippen molar-refractivity contribution >= 4 is 11.6 Å². The average molecular weight is 246 g/mol. The molecule has 0 unspecified atom stereocenters. The minimum Gasteiger partial charge on any atom is -0.289 e. The van der Waals surface area contributed by atoms with Crippen molar-refractivity contribution in [3.8, 4) is 0 Å². The summed E-state index contributed by atoms with van der Waals surface area (Å²) < 4.78 is 0. The van der Waals surface area contributed by atoms with E-state index in [0.29, 0.717) is 28.7 Å². The number of fused-ring (bicyclic) bond motifs is 2. The molecule has 3 aliphatic rings. The van der Waals surface area contributed by atoms with E-state index in [1.807, 2.05) is 24.3 Å². The number of benzene rings is 1. The molecule has 2 nitrogen and oxygen atoms in total. The average Bonchev–Trinajstić information content (AvgIpc) is 2.90. The number of carbonyl (C=O) groups excluding carboxylic acids is 2. The number of ketones is 2. The van der Waals surface area contributed by atoms with E-state index in [1.54, 1.807) is 24.3 Å². The Labute approximate surface area is 110 Å². The lowest BCUT2D eigenvalue weighted by molar-refractivity contribution is 0.0975. The summed E-state index contributed by atoms with van der Waals surface area (Å²) >= 11 is 0. The van der Waals surface area contributed by atoms with Gasteiger partial charge in [-0.1, -0.05) is 42.5 Å². The van der Waals surface area contributed by atoms with Gasteiger partial charge in [0.1, 0.15) is 0 Å². The summed E-state index contributed by atoms with van der Waals surface area (Å²) in [4.78, 5) is 25.0. The van der Waals surface area contributed by atoms with Crippen molar-refractivity contribution < 1.29 is 9.59 Å². The number of Topliss-reactive ketones (excluding diaryl/α,β-unsaturated/α-hetero) is 2. The Kier molecular flexibility index (Phi) is 1.93. The molecule has 4 rings (SSSR count). The van der Waals surface area contributed by atoms with Crippen LogP contribution in [0.2, 0.25) is 0 Å². The highest BCUT2D eigenvalue weighted by atomic mass is 16.1. The molecule has 0 fully saturated rings. The van der Waals surface area contributed by atoms with Crippen LogP contribution in [0.3, 0.4) is 0 Å². The van der Waals surface area contributed by atoms with Gasteiger partial charge in [-0.15, -0.1) is 0 Å². The minimum absolute atomic E-state index is 0.00620. The van der Waals surface area contributed by atoms with Crippen molar-refractivity contribution in [2.24, 2.45) is 0 Å². The molecule has 0 bridgehead atoms. The molecule has 3 aliphatic carbocycles. The topological polar surface area (TPSA) is 34.1 Å². The standard InChI is InChI=1S/C17H10O2/c18-16-12-6-1-2-7-13(12)17(19)15-9-11-5-3-4-10(11)8-14(15)16/h1-8H,9H2. The Morgan fingerprint density at radius 1 is 0.947 bits per heavy atom. The molecular weight excluding hydrogens is 236 g/mol. The monoisotopic (exact) mass is 246 g/mol. The van der Waals surface area contributed by atoms with Gasteiger partial charge in [-0.05, 0) is 17.2 Å². The van der Waals surface area contributed by atoms with Gasteiger partial charge in [0.25, 0.3) is 0 Å². The summed E-state index contributed by atoms with van der Waals surface area (Å²) in [5.41, 5.74) is 4.45. The summed E-state index contributed by atoms with van der Waals surface area (Å²) in [5.74, 6) is -0.0367. The van der Waals surface area contributed by atoms with Crippen molar-refractivity contribution in [3.05, 3.63) is 82.0 Å². The van der Waals surface area contributed by atoms with E-state index in [2.05, 4.69) is 0 Å². The van der Waals surface area contributed by atoms with E-state index in [4.69, 9.17) is 0 Å². The van der Waals surface area contributed by atoms with Gasteiger partial charge < -0.3 is 0 Å². The fourth-order valence-electron chi connectivity index (χ4n) is 2.89. The van der Waals surface area contributed by atoms with Gasteiger partial charge in [-0.25, -0.2) is 0 Å². The highest BCUT2D eigenvalue weighted by Crippen LogP contribution is 2.38. The van der Waals surface area contributed by atoms with E-state index in [1.165, 1.54) is 0 Å². The van der Waals surface area contributed by atoms with E-state index in [0.717, 1.165) is 11.1 Å². The molecule has 0 saturated heterocycles. The van der Waals surface area contributed by atoms with Gasteiger partial charge >= 0.3 is 0 Å². The van der Waals surface area contributed by atoms with Crippen LogP contribution in [0.5, 0.6) is 0 Å². The fourth-order valence-corrected chi connectivity index (χ4v) is 2.89. The van der Waals surface area contributed by atoms with Crippen molar-refractivity contribution in [2.45, 2.75) is 6.42 Å². The molecule has 0 N–H and O–H groups in total. The van der Waals surface area contributed by atoms with Crippen molar-refractivity contribution in [1.82, 2.24) is 0 Å². The van der Waals surface area contributed by atoms with Crippen LogP contribution in [0, 0.1) is 0 Å². The SMILES string of the molecule is O=C1C2=C(CC3=CC=CC3=C2)C(=O)c2ccccc21. The smallest absolute Gasteiger partial charge is 0.194 e. The summed E-state index contributed by atoms with van der Waals surface area (Å²) in [6.45, 7) is 0. The van der Waals surface area contributed by atoms with Gasteiger partial charge in [0.15, 0.2) is 11.6 Å². The molecule has 0 aliphatic heterocycles. The lowest BCUT2D eigenvalue weighted by atomic mass is 9.77. The number of hydrogen-bond donors (Lipinski definition) is 0. The highest BCUT2D eigenvalue weighted by molar-refractivity contribution is 6.28. The zero-order valence-corrected chi connectivity index (χ0v) is 10.1. The van der Waals surface area contributed by atoms with Gasteiger partial charge in [0.2, 0.25) is 0 Å². The maximum absolute atomic E-state index is 12.5. The molecule has 0 atom stereocenters. The normalized spacial score (nSPS) is 19.8. The fraction of sp³-hybridized carbons (Fsp3) is 0.0588. The van der Waals surface area contributed by atoms with Gasteiger partial charge in [0, 0.05) is 28.7 Å². The Hall–Kier alpha value is -2.48. The molecule has 0 aromatic heterocycles. The van der Waals surface area contributed by atoms with Gasteiger partial charge in [-0.2, -0.15) is 0 Å². The second kappa shape index (κ2) is 3.51. The first-order chi connectivity index (χ1) is 9.25. The van der Waals surface area contributed by atoms with Crippen LogP contribution in [0.25, 0.3) is 0 Å². The molecule has 2 heteroatoms. The van der Waals surface area contributed by atoms with Crippen LogP contribution >= 0.6 is 0 Å². The summed E-state index contributed by atoms with van der Waals surface area (Å²) in [6, 6.07) is 7.07. The summed E-state index contributed by atoms with van der Waals surface area (Å²) in [5, 5.41) is 0. The molecule has 0 radical (unpaired) electrons. The maximum Gasteiger partial charge on any atom is 0.194 e. The van der Waals surface area contributed by atoms with Crippen molar-refractivity contribution in [2.75, 3.05) is 0 Å². The second-order valence-electron chi connectivity index (χ2n) is 4.92. The first kappa shape index (κ1) is 10.4. The quantitative estimate of drug-likeness (QED) is 0.704. The second-order valence-corrected chi connectivity index (χ2v) is 4.92. The number of hydrogen-bond acceptors (Lipinski definition) is 2. The minimum atomic E-state index is -0.0305. The van der Waals surface area contributed by atoms with Crippen LogP contribution < -0.4 is 0 Å².